The fourth-order valence-corrected chi connectivity index (χ4v) is 3.94. The summed E-state index contributed by atoms with van der Waals surface area (Å²) in [7, 11) is 0. The molecule has 0 bridgehead atoms. The summed E-state index contributed by atoms with van der Waals surface area (Å²) >= 11 is 1.52. The number of aryl methyl sites for hydroxylation is 1. The Balaban J connectivity index is 1.72. The van der Waals surface area contributed by atoms with Gasteiger partial charge in [-0.1, -0.05) is 12.1 Å². The highest BCUT2D eigenvalue weighted by molar-refractivity contribution is 7.15. The average molecular weight is 326 g/mol. The van der Waals surface area contributed by atoms with Crippen molar-refractivity contribution >= 4 is 27.7 Å². The summed E-state index contributed by atoms with van der Waals surface area (Å²) in [5.74, 6) is 0. The van der Waals surface area contributed by atoms with Crippen molar-refractivity contribution in [1.29, 1.82) is 0 Å². The van der Waals surface area contributed by atoms with Gasteiger partial charge in [0, 0.05) is 30.2 Å². The molecule has 3 heterocycles. The lowest BCUT2D eigenvalue weighted by Gasteiger charge is -2.24. The van der Waals surface area contributed by atoms with Crippen LogP contribution in [-0.2, 0) is 6.54 Å². The Kier molecular flexibility index (Phi) is 3.53. The molecule has 1 aliphatic heterocycles. The van der Waals surface area contributed by atoms with E-state index >= 15 is 0 Å². The van der Waals surface area contributed by atoms with Crippen LogP contribution >= 0.6 is 11.3 Å². The summed E-state index contributed by atoms with van der Waals surface area (Å²) in [6.45, 7) is 4.51. The van der Waals surface area contributed by atoms with E-state index < -0.39 is 0 Å². The number of nitrogens with zero attached hydrogens (tertiary/aromatic N) is 3. The molecule has 0 atom stereocenters. The van der Waals surface area contributed by atoms with Gasteiger partial charge in [-0.05, 0) is 25.5 Å². The highest BCUT2D eigenvalue weighted by Crippen LogP contribution is 2.29. The minimum Gasteiger partial charge on any atom is -0.383 e. The fourth-order valence-electron chi connectivity index (χ4n) is 3.05. The van der Waals surface area contributed by atoms with Crippen molar-refractivity contribution < 1.29 is 0 Å². The van der Waals surface area contributed by atoms with Crippen LogP contribution in [0.4, 0.5) is 11.4 Å². The van der Waals surface area contributed by atoms with Crippen LogP contribution < -0.4 is 15.8 Å². The van der Waals surface area contributed by atoms with Gasteiger partial charge in [-0.15, -0.1) is 11.3 Å². The second-order valence-electron chi connectivity index (χ2n) is 5.80. The molecule has 23 heavy (non-hydrogen) atoms. The third kappa shape index (κ3) is 2.59. The Morgan fingerprint density at radius 2 is 2.22 bits per heavy atom. The summed E-state index contributed by atoms with van der Waals surface area (Å²) in [4.78, 5) is 20.1. The molecule has 5 nitrogen and oxygen atoms in total. The van der Waals surface area contributed by atoms with E-state index in [1.807, 2.05) is 24.4 Å². The third-order valence-electron chi connectivity index (χ3n) is 4.15. The Hall–Kier alpha value is -2.34. The summed E-state index contributed by atoms with van der Waals surface area (Å²) in [6.07, 6.45) is 1.06. The van der Waals surface area contributed by atoms with Gasteiger partial charge in [0.05, 0.1) is 23.6 Å². The fraction of sp³-hybridized carbons (Fsp3) is 0.294. The molecule has 0 unspecified atom stereocenters. The van der Waals surface area contributed by atoms with Gasteiger partial charge in [-0.2, -0.15) is 0 Å². The number of hydrogen-bond acceptors (Lipinski definition) is 5. The first-order valence-electron chi connectivity index (χ1n) is 7.77. The topological polar surface area (TPSA) is 49.6 Å². The summed E-state index contributed by atoms with van der Waals surface area (Å²) in [5, 5.41) is 5.43. The van der Waals surface area contributed by atoms with Gasteiger partial charge in [0.1, 0.15) is 0 Å². The predicted molar refractivity (Wildman–Crippen MR) is 94.7 cm³/mol. The van der Waals surface area contributed by atoms with E-state index in [9.17, 15) is 4.79 Å². The van der Waals surface area contributed by atoms with E-state index in [2.05, 4.69) is 27.3 Å². The standard InChI is InChI=1S/C17H18N4OS/c1-12-11-23-17-19-13(9-16(22)21(12)17)10-20-8-4-7-18-14-5-2-3-6-15(14)20/h2-3,5-6,9,11,18H,4,7-8,10H2,1H3. The maximum absolute atomic E-state index is 12.3. The third-order valence-corrected chi connectivity index (χ3v) is 5.09. The molecular formula is C17H18N4OS. The van der Waals surface area contributed by atoms with Crippen molar-refractivity contribution in [2.45, 2.75) is 19.9 Å². The first kappa shape index (κ1) is 14.3. The number of anilines is 2. The molecular weight excluding hydrogens is 308 g/mol. The van der Waals surface area contributed by atoms with Crippen LogP contribution in [-0.4, -0.2) is 22.5 Å². The van der Waals surface area contributed by atoms with Crippen LogP contribution in [0.25, 0.3) is 4.96 Å². The second kappa shape index (κ2) is 5.70. The van der Waals surface area contributed by atoms with E-state index in [-0.39, 0.29) is 5.56 Å². The summed E-state index contributed by atoms with van der Waals surface area (Å²) in [5.41, 5.74) is 4.10. The minimum atomic E-state index is 0.00461. The summed E-state index contributed by atoms with van der Waals surface area (Å²) in [6, 6.07) is 9.97. The van der Waals surface area contributed by atoms with E-state index in [1.165, 1.54) is 17.0 Å². The number of thiazole rings is 1. The minimum absolute atomic E-state index is 0.00461. The van der Waals surface area contributed by atoms with Crippen LogP contribution in [0, 0.1) is 6.92 Å². The zero-order valence-electron chi connectivity index (χ0n) is 13.0. The molecule has 0 saturated carbocycles. The predicted octanol–water partition coefficient (Wildman–Crippen LogP) is 2.89. The molecule has 1 N–H and O–H groups in total. The van der Waals surface area contributed by atoms with Gasteiger partial charge in [0.15, 0.2) is 4.96 Å². The Labute approximate surface area is 138 Å². The van der Waals surface area contributed by atoms with E-state index in [1.54, 1.807) is 10.5 Å². The zero-order valence-corrected chi connectivity index (χ0v) is 13.8. The van der Waals surface area contributed by atoms with Crippen LogP contribution in [0.15, 0.2) is 40.5 Å². The van der Waals surface area contributed by atoms with Crippen LogP contribution in [0.5, 0.6) is 0 Å². The molecule has 0 fully saturated rings. The number of aromatic nitrogens is 2. The number of nitrogens with one attached hydrogen (secondary N) is 1. The lowest BCUT2D eigenvalue weighted by molar-refractivity contribution is 0.750. The maximum atomic E-state index is 12.3. The molecule has 0 amide bonds. The molecule has 1 aliphatic rings. The quantitative estimate of drug-likeness (QED) is 0.787. The highest BCUT2D eigenvalue weighted by Gasteiger charge is 2.16. The number of benzene rings is 1. The van der Waals surface area contributed by atoms with Crippen LogP contribution in [0.1, 0.15) is 17.8 Å². The van der Waals surface area contributed by atoms with E-state index in [0.717, 1.165) is 41.5 Å². The number of rotatable bonds is 2. The molecule has 3 aromatic rings. The molecule has 6 heteroatoms. The largest absolute Gasteiger partial charge is 0.383 e. The Morgan fingerprint density at radius 3 is 3.13 bits per heavy atom. The van der Waals surface area contributed by atoms with Crippen molar-refractivity contribution in [1.82, 2.24) is 9.38 Å². The Morgan fingerprint density at radius 1 is 1.35 bits per heavy atom. The van der Waals surface area contributed by atoms with Crippen molar-refractivity contribution in [3.05, 3.63) is 57.5 Å². The average Bonchev–Trinajstić information content (AvgIpc) is 2.80. The molecule has 0 saturated heterocycles. The highest BCUT2D eigenvalue weighted by atomic mass is 32.1. The van der Waals surface area contributed by atoms with E-state index in [4.69, 9.17) is 0 Å². The Bertz CT molecular complexity index is 914. The van der Waals surface area contributed by atoms with Gasteiger partial charge in [-0.25, -0.2) is 4.98 Å². The monoisotopic (exact) mass is 326 g/mol. The van der Waals surface area contributed by atoms with Gasteiger partial charge in [0.2, 0.25) is 0 Å². The number of fused-ring (bicyclic) bond motifs is 2. The van der Waals surface area contributed by atoms with Crippen molar-refractivity contribution in [2.75, 3.05) is 23.3 Å². The molecule has 0 spiro atoms. The normalized spacial score (nSPS) is 14.4. The van der Waals surface area contributed by atoms with E-state index in [0.29, 0.717) is 6.54 Å². The van der Waals surface area contributed by atoms with Gasteiger partial charge in [-0.3, -0.25) is 9.20 Å². The van der Waals surface area contributed by atoms with Crippen molar-refractivity contribution in [2.24, 2.45) is 0 Å². The molecule has 2 aromatic heterocycles. The smallest absolute Gasteiger partial charge is 0.259 e. The zero-order chi connectivity index (χ0) is 15.8. The van der Waals surface area contributed by atoms with Crippen molar-refractivity contribution in [3.8, 4) is 0 Å². The van der Waals surface area contributed by atoms with Gasteiger partial charge in [0.25, 0.3) is 5.56 Å². The second-order valence-corrected chi connectivity index (χ2v) is 6.64. The van der Waals surface area contributed by atoms with Gasteiger partial charge < -0.3 is 10.2 Å². The lowest BCUT2D eigenvalue weighted by Crippen LogP contribution is -2.25. The SMILES string of the molecule is Cc1csc2nc(CN3CCCNc4ccccc43)cc(=O)n12. The molecule has 0 aliphatic carbocycles. The van der Waals surface area contributed by atoms with Crippen LogP contribution in [0.3, 0.4) is 0 Å². The molecule has 118 valence electrons. The molecule has 0 radical (unpaired) electrons. The van der Waals surface area contributed by atoms with Gasteiger partial charge >= 0.3 is 0 Å². The van der Waals surface area contributed by atoms with Crippen molar-refractivity contribution in [3.63, 3.8) is 0 Å². The molecule has 4 rings (SSSR count). The molecule has 1 aromatic carbocycles. The number of para-hydroxylation sites is 2. The first-order chi connectivity index (χ1) is 11.2. The number of hydrogen-bond donors (Lipinski definition) is 1. The van der Waals surface area contributed by atoms with Crippen LogP contribution in [0.2, 0.25) is 0 Å². The maximum Gasteiger partial charge on any atom is 0.259 e. The summed E-state index contributed by atoms with van der Waals surface area (Å²) < 4.78 is 1.67. The first-order valence-corrected chi connectivity index (χ1v) is 8.65. The lowest BCUT2D eigenvalue weighted by atomic mass is 10.2.